The predicted molar refractivity (Wildman–Crippen MR) is 55.5 cm³/mol. The van der Waals surface area contributed by atoms with Gasteiger partial charge in [-0.05, 0) is 38.8 Å². The molecule has 3 atom stereocenters. The molecule has 0 N–H and O–H groups in total. The van der Waals surface area contributed by atoms with Crippen LogP contribution in [0.2, 0.25) is 0 Å². The topological polar surface area (TPSA) is 29.5 Å². The van der Waals surface area contributed by atoms with Crippen LogP contribution in [0, 0.1) is 5.92 Å². The summed E-state index contributed by atoms with van der Waals surface area (Å²) in [7, 11) is -0.755. The van der Waals surface area contributed by atoms with Gasteiger partial charge in [-0.3, -0.25) is 4.21 Å². The van der Waals surface area contributed by atoms with Gasteiger partial charge in [-0.1, -0.05) is 0 Å². The van der Waals surface area contributed by atoms with E-state index in [9.17, 15) is 4.21 Å². The van der Waals surface area contributed by atoms with Gasteiger partial charge in [0.2, 0.25) is 0 Å². The van der Waals surface area contributed by atoms with E-state index in [4.69, 9.17) is 4.74 Å². The summed E-state index contributed by atoms with van der Waals surface area (Å²) in [5.74, 6) is 1.44. The average molecular weight is 215 g/mol. The first-order valence-electron chi connectivity index (χ1n) is 5.47. The van der Waals surface area contributed by atoms with Crippen LogP contribution in [-0.4, -0.2) is 45.5 Å². The minimum absolute atomic E-state index is 0.0409. The van der Waals surface area contributed by atoms with Crippen molar-refractivity contribution < 1.29 is 8.95 Å². The molecule has 0 aromatic carbocycles. The van der Waals surface area contributed by atoms with Crippen molar-refractivity contribution in [3.63, 3.8) is 0 Å². The summed E-state index contributed by atoms with van der Waals surface area (Å²) in [4.78, 5) is 2.47. The summed E-state index contributed by atoms with van der Waals surface area (Å²) in [5.41, 5.74) is -0.0867. The number of nitrogens with zero attached hydrogens (tertiary/aromatic N) is 1. The quantitative estimate of drug-likeness (QED) is 0.592. The van der Waals surface area contributed by atoms with Gasteiger partial charge in [0.1, 0.15) is 5.44 Å². The van der Waals surface area contributed by atoms with Crippen LogP contribution >= 0.6 is 0 Å². The fourth-order valence-corrected chi connectivity index (χ4v) is 4.61. The molecule has 0 saturated carbocycles. The Kier molecular flexibility index (Phi) is 2.01. The number of hydrogen-bond acceptors (Lipinski definition) is 3. The van der Waals surface area contributed by atoms with Gasteiger partial charge in [-0.25, -0.2) is 0 Å². The molecule has 0 aromatic heterocycles. The SMILES string of the molecule is C[C@@H]1O[C@]2(CN3CCC2CC3)C[S@]1=O. The lowest BCUT2D eigenvalue weighted by atomic mass is 9.76. The fraction of sp³-hybridized carbons (Fsp3) is 1.00. The third-order valence-electron chi connectivity index (χ3n) is 3.98. The standard InChI is InChI=1S/C10H17NO2S/c1-8-13-10(7-14(8)12)6-11-4-2-9(10)3-5-11/h8-9H,2-7H2,1H3/t8-,10-,14-/m1/s1. The minimum Gasteiger partial charge on any atom is -0.356 e. The highest BCUT2D eigenvalue weighted by Crippen LogP contribution is 2.43. The van der Waals surface area contributed by atoms with Gasteiger partial charge < -0.3 is 9.64 Å². The van der Waals surface area contributed by atoms with Crippen LogP contribution in [0.15, 0.2) is 0 Å². The van der Waals surface area contributed by atoms with Gasteiger partial charge in [0.15, 0.2) is 0 Å². The third kappa shape index (κ3) is 1.20. The summed E-state index contributed by atoms with van der Waals surface area (Å²) in [6.07, 6.45) is 2.48. The van der Waals surface area contributed by atoms with Crippen LogP contribution in [0.4, 0.5) is 0 Å². The second-order valence-electron chi connectivity index (χ2n) is 4.83. The molecule has 0 radical (unpaired) electrons. The normalized spacial score (nSPS) is 56.9. The summed E-state index contributed by atoms with van der Waals surface area (Å²) in [6, 6.07) is 0. The average Bonchev–Trinajstić information content (AvgIpc) is 2.43. The van der Waals surface area contributed by atoms with Gasteiger partial charge in [-0.2, -0.15) is 0 Å². The molecule has 4 saturated heterocycles. The van der Waals surface area contributed by atoms with Crippen molar-refractivity contribution in [3.8, 4) is 0 Å². The molecule has 3 nitrogen and oxygen atoms in total. The van der Waals surface area contributed by atoms with E-state index in [1.807, 2.05) is 6.92 Å². The van der Waals surface area contributed by atoms with E-state index < -0.39 is 10.8 Å². The first-order chi connectivity index (χ1) is 6.70. The Morgan fingerprint density at radius 3 is 2.57 bits per heavy atom. The van der Waals surface area contributed by atoms with E-state index >= 15 is 0 Å². The molecule has 4 rings (SSSR count). The van der Waals surface area contributed by atoms with Crippen molar-refractivity contribution in [1.29, 1.82) is 0 Å². The molecule has 1 spiro atoms. The van der Waals surface area contributed by atoms with Crippen molar-refractivity contribution >= 4 is 10.8 Å². The molecule has 4 fully saturated rings. The number of ether oxygens (including phenoxy) is 1. The summed E-state index contributed by atoms with van der Waals surface area (Å²) in [5, 5.41) is 0. The van der Waals surface area contributed by atoms with Crippen molar-refractivity contribution in [3.05, 3.63) is 0 Å². The molecule has 4 heterocycles. The van der Waals surface area contributed by atoms with Gasteiger partial charge in [0, 0.05) is 6.54 Å². The zero-order chi connectivity index (χ0) is 9.76. The van der Waals surface area contributed by atoms with E-state index in [0.29, 0.717) is 5.92 Å². The first-order valence-corrected chi connectivity index (χ1v) is 6.85. The van der Waals surface area contributed by atoms with Crippen LogP contribution in [0.25, 0.3) is 0 Å². The zero-order valence-corrected chi connectivity index (χ0v) is 9.39. The first kappa shape index (κ1) is 9.31. The van der Waals surface area contributed by atoms with Gasteiger partial charge >= 0.3 is 0 Å². The summed E-state index contributed by atoms with van der Waals surface area (Å²) in [6.45, 7) is 5.41. The highest BCUT2D eigenvalue weighted by Gasteiger charge is 2.53. The van der Waals surface area contributed by atoms with Crippen LogP contribution in [0.5, 0.6) is 0 Å². The molecular weight excluding hydrogens is 198 g/mol. The lowest BCUT2D eigenvalue weighted by Crippen LogP contribution is -2.60. The molecule has 2 bridgehead atoms. The number of piperidine rings is 3. The maximum atomic E-state index is 11.7. The minimum atomic E-state index is -0.755. The number of hydrogen-bond donors (Lipinski definition) is 0. The Morgan fingerprint density at radius 2 is 2.14 bits per heavy atom. The Labute approximate surface area is 87.3 Å². The van der Waals surface area contributed by atoms with Crippen molar-refractivity contribution in [1.82, 2.24) is 4.90 Å². The van der Waals surface area contributed by atoms with E-state index in [1.54, 1.807) is 0 Å². The van der Waals surface area contributed by atoms with Crippen LogP contribution in [-0.2, 0) is 15.5 Å². The zero-order valence-electron chi connectivity index (χ0n) is 8.57. The maximum absolute atomic E-state index is 11.7. The monoisotopic (exact) mass is 215 g/mol. The number of fused-ring (bicyclic) bond motifs is 2. The summed E-state index contributed by atoms with van der Waals surface area (Å²) < 4.78 is 17.7. The highest BCUT2D eigenvalue weighted by molar-refractivity contribution is 7.85. The van der Waals surface area contributed by atoms with E-state index in [1.165, 1.54) is 25.9 Å². The molecule has 14 heavy (non-hydrogen) atoms. The lowest BCUT2D eigenvalue weighted by molar-refractivity contribution is -0.133. The summed E-state index contributed by atoms with van der Waals surface area (Å²) >= 11 is 0. The van der Waals surface area contributed by atoms with Crippen LogP contribution in [0.1, 0.15) is 19.8 Å². The van der Waals surface area contributed by atoms with E-state index in [2.05, 4.69) is 4.90 Å². The van der Waals surface area contributed by atoms with E-state index in [0.717, 1.165) is 12.3 Å². The predicted octanol–water partition coefficient (Wildman–Crippen LogP) is 0.576. The maximum Gasteiger partial charge on any atom is 0.130 e. The van der Waals surface area contributed by atoms with Crippen molar-refractivity contribution in [2.45, 2.75) is 30.8 Å². The fourth-order valence-electron chi connectivity index (χ4n) is 3.20. The Balaban J connectivity index is 1.87. The van der Waals surface area contributed by atoms with Crippen molar-refractivity contribution in [2.75, 3.05) is 25.4 Å². The molecule has 0 amide bonds. The molecule has 0 aliphatic carbocycles. The molecule has 80 valence electrons. The highest BCUT2D eigenvalue weighted by atomic mass is 32.2. The molecular formula is C10H17NO2S. The molecule has 4 aliphatic rings. The Morgan fingerprint density at radius 1 is 1.43 bits per heavy atom. The Bertz CT molecular complexity index is 275. The van der Waals surface area contributed by atoms with E-state index in [-0.39, 0.29) is 11.0 Å². The van der Waals surface area contributed by atoms with Crippen LogP contribution < -0.4 is 0 Å². The Hall–Kier alpha value is 0.0700. The van der Waals surface area contributed by atoms with Gasteiger partial charge in [0.25, 0.3) is 0 Å². The smallest absolute Gasteiger partial charge is 0.130 e. The largest absolute Gasteiger partial charge is 0.356 e. The molecule has 4 aliphatic heterocycles. The van der Waals surface area contributed by atoms with Gasteiger partial charge in [0.05, 0.1) is 22.2 Å². The van der Waals surface area contributed by atoms with Crippen molar-refractivity contribution in [2.24, 2.45) is 5.92 Å². The second-order valence-corrected chi connectivity index (χ2v) is 6.54. The molecule has 4 heteroatoms. The second kappa shape index (κ2) is 3.03. The lowest BCUT2D eigenvalue weighted by Gasteiger charge is -2.50. The molecule has 0 unspecified atom stereocenters. The van der Waals surface area contributed by atoms with Gasteiger partial charge in [-0.15, -0.1) is 0 Å². The van der Waals surface area contributed by atoms with Crippen LogP contribution in [0.3, 0.4) is 0 Å². The molecule has 0 aromatic rings. The number of rotatable bonds is 0. The third-order valence-corrected chi connectivity index (χ3v) is 5.59.